The molecule has 1 aromatic carbocycles. The van der Waals surface area contributed by atoms with Gasteiger partial charge in [-0.3, -0.25) is 20.8 Å². The van der Waals surface area contributed by atoms with Gasteiger partial charge in [0.15, 0.2) is 0 Å². The molecule has 0 unspecified atom stereocenters. The van der Waals surface area contributed by atoms with Gasteiger partial charge in [0.2, 0.25) is 0 Å². The standard InChI is InChI=1S/C14H20N4O3/c1-13(2)12(14(13,3)4)16-11(19)9-7-8(18(20)21)5-6-10(9)17-15/h5-7,12,17H,15H2,1-4H3,(H,16,19). The van der Waals surface area contributed by atoms with Gasteiger partial charge in [-0.05, 0) is 16.9 Å². The van der Waals surface area contributed by atoms with Crippen LogP contribution in [-0.4, -0.2) is 16.9 Å². The Bertz CT molecular complexity index is 596. The number of rotatable bonds is 4. The first-order valence-electron chi connectivity index (χ1n) is 6.69. The fraction of sp³-hybridized carbons (Fsp3) is 0.500. The van der Waals surface area contributed by atoms with Crippen molar-refractivity contribution in [2.45, 2.75) is 33.7 Å². The Hall–Kier alpha value is -2.15. The highest BCUT2D eigenvalue weighted by Crippen LogP contribution is 2.62. The van der Waals surface area contributed by atoms with Crippen molar-refractivity contribution in [1.29, 1.82) is 0 Å². The Morgan fingerprint density at radius 2 is 1.86 bits per heavy atom. The third-order valence-corrected chi connectivity index (χ3v) is 4.91. The van der Waals surface area contributed by atoms with Crippen LogP contribution in [0.4, 0.5) is 11.4 Å². The number of nitrogens with one attached hydrogen (secondary N) is 2. The number of nitro groups is 1. The molecule has 1 amide bonds. The average Bonchev–Trinajstić information content (AvgIpc) is 2.80. The second kappa shape index (κ2) is 4.70. The lowest BCUT2D eigenvalue weighted by Gasteiger charge is -2.11. The van der Waals surface area contributed by atoms with Gasteiger partial charge in [0.25, 0.3) is 11.6 Å². The van der Waals surface area contributed by atoms with Gasteiger partial charge in [-0.25, -0.2) is 0 Å². The van der Waals surface area contributed by atoms with Crippen LogP contribution < -0.4 is 16.6 Å². The summed E-state index contributed by atoms with van der Waals surface area (Å²) in [7, 11) is 0. The number of amides is 1. The lowest BCUT2D eigenvalue weighted by molar-refractivity contribution is -0.384. The number of non-ortho nitro benzene ring substituents is 1. The van der Waals surface area contributed by atoms with Crippen LogP contribution in [0.1, 0.15) is 38.1 Å². The number of anilines is 1. The zero-order valence-corrected chi connectivity index (χ0v) is 12.6. The van der Waals surface area contributed by atoms with Gasteiger partial charge in [0, 0.05) is 18.2 Å². The van der Waals surface area contributed by atoms with E-state index in [4.69, 9.17) is 5.84 Å². The molecule has 7 nitrogen and oxygen atoms in total. The smallest absolute Gasteiger partial charge is 0.270 e. The topological polar surface area (TPSA) is 110 Å². The van der Waals surface area contributed by atoms with Crippen LogP contribution in [0.25, 0.3) is 0 Å². The molecular weight excluding hydrogens is 272 g/mol. The maximum Gasteiger partial charge on any atom is 0.270 e. The molecule has 0 saturated heterocycles. The van der Waals surface area contributed by atoms with Crippen molar-refractivity contribution in [2.75, 3.05) is 5.43 Å². The van der Waals surface area contributed by atoms with Crippen LogP contribution in [0.15, 0.2) is 18.2 Å². The lowest BCUT2D eigenvalue weighted by Crippen LogP contribution is -2.30. The monoisotopic (exact) mass is 292 g/mol. The third-order valence-electron chi connectivity index (χ3n) is 4.91. The molecule has 0 aromatic heterocycles. The van der Waals surface area contributed by atoms with Crippen LogP contribution in [0.3, 0.4) is 0 Å². The molecule has 1 aliphatic rings. The van der Waals surface area contributed by atoms with Gasteiger partial charge in [-0.2, -0.15) is 0 Å². The van der Waals surface area contributed by atoms with Gasteiger partial charge in [-0.1, -0.05) is 27.7 Å². The van der Waals surface area contributed by atoms with Crippen molar-refractivity contribution in [2.24, 2.45) is 16.7 Å². The molecule has 21 heavy (non-hydrogen) atoms. The van der Waals surface area contributed by atoms with E-state index in [0.717, 1.165) is 0 Å². The number of hydrogen-bond donors (Lipinski definition) is 3. The largest absolute Gasteiger partial charge is 0.348 e. The van der Waals surface area contributed by atoms with Crippen molar-refractivity contribution < 1.29 is 9.72 Å². The predicted octanol–water partition coefficient (Wildman–Crippen LogP) is 2.04. The zero-order valence-electron chi connectivity index (χ0n) is 12.6. The molecule has 1 aromatic rings. The van der Waals surface area contributed by atoms with Crippen LogP contribution in [0, 0.1) is 20.9 Å². The first-order valence-corrected chi connectivity index (χ1v) is 6.69. The molecule has 0 atom stereocenters. The number of hydrazine groups is 1. The molecule has 114 valence electrons. The van der Waals surface area contributed by atoms with E-state index in [2.05, 4.69) is 38.4 Å². The molecule has 0 bridgehead atoms. The second-order valence-corrected chi connectivity index (χ2v) is 6.48. The zero-order chi connectivity index (χ0) is 16.0. The minimum absolute atomic E-state index is 0.0142. The van der Waals surface area contributed by atoms with Crippen LogP contribution in [0.2, 0.25) is 0 Å². The van der Waals surface area contributed by atoms with Gasteiger partial charge in [-0.15, -0.1) is 0 Å². The summed E-state index contributed by atoms with van der Waals surface area (Å²) in [5.74, 6) is 5.00. The summed E-state index contributed by atoms with van der Waals surface area (Å²) in [6.07, 6.45) is 0. The van der Waals surface area contributed by atoms with Crippen molar-refractivity contribution in [3.05, 3.63) is 33.9 Å². The first-order chi connectivity index (χ1) is 9.62. The van der Waals surface area contributed by atoms with E-state index in [9.17, 15) is 14.9 Å². The van der Waals surface area contributed by atoms with E-state index in [1.54, 1.807) is 0 Å². The minimum atomic E-state index is -0.540. The fourth-order valence-electron chi connectivity index (χ4n) is 2.73. The van der Waals surface area contributed by atoms with E-state index in [1.807, 2.05) is 0 Å². The van der Waals surface area contributed by atoms with Crippen LogP contribution >= 0.6 is 0 Å². The molecule has 2 rings (SSSR count). The van der Waals surface area contributed by atoms with Crippen LogP contribution in [0.5, 0.6) is 0 Å². The molecule has 1 fully saturated rings. The molecular formula is C14H20N4O3. The quantitative estimate of drug-likeness (QED) is 0.447. The van der Waals surface area contributed by atoms with Gasteiger partial charge < -0.3 is 10.7 Å². The number of nitrogens with two attached hydrogens (primary N) is 1. The summed E-state index contributed by atoms with van der Waals surface area (Å²) in [5.41, 5.74) is 2.75. The highest BCUT2D eigenvalue weighted by molar-refractivity contribution is 6.00. The normalized spacial score (nSPS) is 18.9. The van der Waals surface area contributed by atoms with Crippen molar-refractivity contribution in [3.63, 3.8) is 0 Å². The van der Waals surface area contributed by atoms with E-state index in [-0.39, 0.29) is 34.0 Å². The Morgan fingerprint density at radius 1 is 1.29 bits per heavy atom. The summed E-state index contributed by atoms with van der Waals surface area (Å²) < 4.78 is 0. The molecule has 1 aliphatic carbocycles. The van der Waals surface area contributed by atoms with E-state index < -0.39 is 4.92 Å². The number of nitrogens with zero attached hydrogens (tertiary/aromatic N) is 1. The summed E-state index contributed by atoms with van der Waals surface area (Å²) >= 11 is 0. The van der Waals surface area contributed by atoms with Crippen molar-refractivity contribution in [3.8, 4) is 0 Å². The van der Waals surface area contributed by atoms with Gasteiger partial charge in [0.05, 0.1) is 16.2 Å². The fourth-order valence-corrected chi connectivity index (χ4v) is 2.73. The minimum Gasteiger partial charge on any atom is -0.348 e. The van der Waals surface area contributed by atoms with Crippen LogP contribution in [-0.2, 0) is 0 Å². The number of carbonyl (C=O) groups excluding carboxylic acids is 1. The Morgan fingerprint density at radius 3 is 2.29 bits per heavy atom. The number of benzene rings is 1. The number of nitro benzene ring substituents is 1. The third kappa shape index (κ3) is 2.33. The Kier molecular flexibility index (Phi) is 3.41. The van der Waals surface area contributed by atoms with Crippen molar-refractivity contribution in [1.82, 2.24) is 5.32 Å². The van der Waals surface area contributed by atoms with Gasteiger partial charge in [0.1, 0.15) is 0 Å². The van der Waals surface area contributed by atoms with E-state index in [1.165, 1.54) is 18.2 Å². The Labute approximate surface area is 123 Å². The maximum absolute atomic E-state index is 12.4. The molecule has 0 aliphatic heterocycles. The summed E-state index contributed by atoms with van der Waals surface area (Å²) in [6, 6.07) is 3.97. The molecule has 0 heterocycles. The van der Waals surface area contributed by atoms with Crippen molar-refractivity contribution >= 4 is 17.3 Å². The summed E-state index contributed by atoms with van der Waals surface area (Å²) in [4.78, 5) is 22.7. The average molecular weight is 292 g/mol. The van der Waals surface area contributed by atoms with E-state index in [0.29, 0.717) is 5.69 Å². The lowest BCUT2D eigenvalue weighted by atomic mass is 10.0. The second-order valence-electron chi connectivity index (χ2n) is 6.48. The number of hydrogen-bond acceptors (Lipinski definition) is 5. The van der Waals surface area contributed by atoms with Gasteiger partial charge >= 0.3 is 0 Å². The molecule has 7 heteroatoms. The highest BCUT2D eigenvalue weighted by atomic mass is 16.6. The predicted molar refractivity (Wildman–Crippen MR) is 79.7 cm³/mol. The molecule has 0 spiro atoms. The summed E-state index contributed by atoms with van der Waals surface area (Å²) in [6.45, 7) is 8.31. The Balaban J connectivity index is 2.27. The first kappa shape index (κ1) is 15.2. The number of carbonyl (C=O) groups is 1. The number of nitrogen functional groups attached to an aromatic ring is 1. The molecule has 4 N–H and O–H groups in total. The highest BCUT2D eigenvalue weighted by Gasteiger charge is 2.65. The molecule has 0 radical (unpaired) electrons. The maximum atomic E-state index is 12.4. The molecule has 1 saturated carbocycles. The summed E-state index contributed by atoms with van der Waals surface area (Å²) in [5, 5.41) is 13.8. The van der Waals surface area contributed by atoms with E-state index >= 15 is 0 Å². The SMILES string of the molecule is CC1(C)C(NC(=O)c2cc([N+](=O)[O-])ccc2NN)C1(C)C.